The average molecular weight is 262 g/mol. The van der Waals surface area contributed by atoms with Gasteiger partial charge in [-0.1, -0.05) is 25.1 Å². The van der Waals surface area contributed by atoms with E-state index in [0.29, 0.717) is 6.04 Å². The van der Waals surface area contributed by atoms with Crippen LogP contribution in [0.25, 0.3) is 0 Å². The summed E-state index contributed by atoms with van der Waals surface area (Å²) in [5.74, 6) is 0.742. The molecule has 2 unspecified atom stereocenters. The molecular weight excluding hydrogens is 236 g/mol. The lowest BCUT2D eigenvalue weighted by molar-refractivity contribution is 0.172. The van der Waals surface area contributed by atoms with E-state index < -0.39 is 0 Å². The quantitative estimate of drug-likeness (QED) is 0.851. The fourth-order valence-electron chi connectivity index (χ4n) is 2.87. The molecule has 1 aliphatic heterocycles. The third-order valence-electron chi connectivity index (χ3n) is 3.72. The van der Waals surface area contributed by atoms with Crippen molar-refractivity contribution in [1.82, 2.24) is 5.32 Å². The van der Waals surface area contributed by atoms with E-state index in [1.54, 1.807) is 7.11 Å². The first-order chi connectivity index (χ1) is 9.20. The molecule has 3 heteroatoms. The number of fused-ring (bicyclic) bond motifs is 1. The molecule has 19 heavy (non-hydrogen) atoms. The van der Waals surface area contributed by atoms with Gasteiger partial charge in [0.15, 0.2) is 0 Å². The molecule has 3 nitrogen and oxygen atoms in total. The standard InChI is InChI=1S/C16H26N2O/c1-13-10-15-6-4-5-7-16(15)18(11-13)9-8-17-14(2)12-19-3/h4-7,13-14,17H,8-12H2,1-3H3. The fraction of sp³-hybridized carbons (Fsp3) is 0.625. The lowest BCUT2D eigenvalue weighted by Gasteiger charge is -2.35. The Hall–Kier alpha value is -1.06. The minimum atomic E-state index is 0.419. The van der Waals surface area contributed by atoms with Gasteiger partial charge in [0, 0.05) is 38.5 Å². The fourth-order valence-corrected chi connectivity index (χ4v) is 2.87. The zero-order valence-corrected chi connectivity index (χ0v) is 12.4. The number of nitrogens with zero attached hydrogens (tertiary/aromatic N) is 1. The maximum absolute atomic E-state index is 5.14. The van der Waals surface area contributed by atoms with Crippen LogP contribution in [0.3, 0.4) is 0 Å². The lowest BCUT2D eigenvalue weighted by Crippen LogP contribution is -2.41. The number of anilines is 1. The number of methoxy groups -OCH3 is 1. The van der Waals surface area contributed by atoms with Gasteiger partial charge in [-0.05, 0) is 30.9 Å². The topological polar surface area (TPSA) is 24.5 Å². The van der Waals surface area contributed by atoms with Crippen LogP contribution in [0, 0.1) is 5.92 Å². The van der Waals surface area contributed by atoms with Gasteiger partial charge in [-0.25, -0.2) is 0 Å². The first-order valence-corrected chi connectivity index (χ1v) is 7.26. The number of ether oxygens (including phenoxy) is 1. The number of hydrogen-bond donors (Lipinski definition) is 1. The van der Waals surface area contributed by atoms with E-state index in [2.05, 4.69) is 48.3 Å². The second-order valence-corrected chi connectivity index (χ2v) is 5.69. The second-order valence-electron chi connectivity index (χ2n) is 5.69. The third kappa shape index (κ3) is 3.95. The summed E-state index contributed by atoms with van der Waals surface area (Å²) in [7, 11) is 1.75. The highest BCUT2D eigenvalue weighted by atomic mass is 16.5. The van der Waals surface area contributed by atoms with Crippen LogP contribution in [0.4, 0.5) is 5.69 Å². The molecule has 0 bridgehead atoms. The van der Waals surface area contributed by atoms with Gasteiger partial charge in [0.1, 0.15) is 0 Å². The Morgan fingerprint density at radius 1 is 1.42 bits per heavy atom. The molecule has 2 atom stereocenters. The van der Waals surface area contributed by atoms with Crippen LogP contribution in [0.5, 0.6) is 0 Å². The molecule has 0 amide bonds. The Morgan fingerprint density at radius 2 is 2.21 bits per heavy atom. The molecule has 1 aromatic rings. The van der Waals surface area contributed by atoms with Crippen LogP contribution >= 0.6 is 0 Å². The summed E-state index contributed by atoms with van der Waals surface area (Å²) in [5, 5.41) is 3.51. The third-order valence-corrected chi connectivity index (χ3v) is 3.72. The van der Waals surface area contributed by atoms with E-state index >= 15 is 0 Å². The summed E-state index contributed by atoms with van der Waals surface area (Å²) in [4.78, 5) is 2.51. The molecule has 106 valence electrons. The highest BCUT2D eigenvalue weighted by Gasteiger charge is 2.20. The summed E-state index contributed by atoms with van der Waals surface area (Å²) in [6, 6.07) is 9.22. The maximum atomic E-state index is 5.14. The monoisotopic (exact) mass is 262 g/mol. The molecule has 2 rings (SSSR count). The van der Waals surface area contributed by atoms with E-state index in [9.17, 15) is 0 Å². The van der Waals surface area contributed by atoms with Gasteiger partial charge in [0.05, 0.1) is 6.61 Å². The molecular formula is C16H26N2O. The van der Waals surface area contributed by atoms with E-state index in [0.717, 1.165) is 32.2 Å². The highest BCUT2D eigenvalue weighted by Crippen LogP contribution is 2.28. The van der Waals surface area contributed by atoms with Crippen LogP contribution < -0.4 is 10.2 Å². The van der Waals surface area contributed by atoms with Crippen molar-refractivity contribution in [2.75, 3.05) is 38.3 Å². The Kier molecular flexibility index (Phi) is 5.23. The molecule has 1 heterocycles. The number of nitrogens with one attached hydrogen (secondary N) is 1. The van der Waals surface area contributed by atoms with E-state index in [4.69, 9.17) is 4.74 Å². The molecule has 1 aliphatic rings. The van der Waals surface area contributed by atoms with Gasteiger partial charge in [-0.2, -0.15) is 0 Å². The molecule has 0 saturated carbocycles. The predicted octanol–water partition coefficient (Wildman–Crippen LogP) is 2.31. The maximum Gasteiger partial charge on any atom is 0.0613 e. The van der Waals surface area contributed by atoms with Crippen LogP contribution in [-0.4, -0.2) is 39.4 Å². The van der Waals surface area contributed by atoms with Crippen molar-refractivity contribution < 1.29 is 4.74 Å². The smallest absolute Gasteiger partial charge is 0.0613 e. The molecule has 0 fully saturated rings. The summed E-state index contributed by atoms with van der Waals surface area (Å²) in [6.07, 6.45) is 1.21. The summed E-state index contributed by atoms with van der Waals surface area (Å²) in [6.45, 7) is 8.51. The van der Waals surface area contributed by atoms with Gasteiger partial charge < -0.3 is 15.0 Å². The molecule has 0 aromatic heterocycles. The number of para-hydroxylation sites is 1. The first kappa shape index (κ1) is 14.4. The molecule has 1 N–H and O–H groups in total. The summed E-state index contributed by atoms with van der Waals surface area (Å²) in [5.41, 5.74) is 2.91. The molecule has 0 radical (unpaired) electrons. The molecule has 0 aliphatic carbocycles. The number of rotatable bonds is 6. The second kappa shape index (κ2) is 6.92. The van der Waals surface area contributed by atoms with Crippen LogP contribution in [-0.2, 0) is 11.2 Å². The van der Waals surface area contributed by atoms with E-state index in [-0.39, 0.29) is 0 Å². The van der Waals surface area contributed by atoms with Gasteiger partial charge in [0.2, 0.25) is 0 Å². The zero-order valence-electron chi connectivity index (χ0n) is 12.4. The van der Waals surface area contributed by atoms with Crippen LogP contribution in [0.15, 0.2) is 24.3 Å². The number of benzene rings is 1. The van der Waals surface area contributed by atoms with Crippen LogP contribution in [0.1, 0.15) is 19.4 Å². The number of hydrogen-bond acceptors (Lipinski definition) is 3. The van der Waals surface area contributed by atoms with Crippen molar-refractivity contribution >= 4 is 5.69 Å². The minimum Gasteiger partial charge on any atom is -0.383 e. The highest BCUT2D eigenvalue weighted by molar-refractivity contribution is 5.55. The molecule has 0 spiro atoms. The van der Waals surface area contributed by atoms with Gasteiger partial charge >= 0.3 is 0 Å². The average Bonchev–Trinajstić information content (AvgIpc) is 2.38. The largest absolute Gasteiger partial charge is 0.383 e. The van der Waals surface area contributed by atoms with Gasteiger partial charge in [-0.15, -0.1) is 0 Å². The Labute approximate surface area is 116 Å². The summed E-state index contributed by atoms with van der Waals surface area (Å²) < 4.78 is 5.14. The summed E-state index contributed by atoms with van der Waals surface area (Å²) >= 11 is 0. The van der Waals surface area contributed by atoms with E-state index in [1.807, 2.05) is 0 Å². The predicted molar refractivity (Wildman–Crippen MR) is 80.9 cm³/mol. The van der Waals surface area contributed by atoms with Gasteiger partial charge in [0.25, 0.3) is 0 Å². The molecule has 1 aromatic carbocycles. The minimum absolute atomic E-state index is 0.419. The van der Waals surface area contributed by atoms with Crippen molar-refractivity contribution in [3.63, 3.8) is 0 Å². The Balaban J connectivity index is 1.90. The first-order valence-electron chi connectivity index (χ1n) is 7.26. The Morgan fingerprint density at radius 3 is 3.00 bits per heavy atom. The van der Waals surface area contributed by atoms with Crippen molar-refractivity contribution in [1.29, 1.82) is 0 Å². The molecule has 0 saturated heterocycles. The van der Waals surface area contributed by atoms with Crippen molar-refractivity contribution in [3.05, 3.63) is 29.8 Å². The zero-order chi connectivity index (χ0) is 13.7. The normalized spacial score (nSPS) is 20.2. The van der Waals surface area contributed by atoms with E-state index in [1.165, 1.54) is 17.7 Å². The van der Waals surface area contributed by atoms with Crippen molar-refractivity contribution in [3.8, 4) is 0 Å². The SMILES string of the molecule is COCC(C)NCCN1CC(C)Cc2ccccc21. The van der Waals surface area contributed by atoms with Gasteiger partial charge in [-0.3, -0.25) is 0 Å². The lowest BCUT2D eigenvalue weighted by atomic mass is 9.94. The van der Waals surface area contributed by atoms with Crippen LogP contribution in [0.2, 0.25) is 0 Å². The Bertz CT molecular complexity index is 394. The van der Waals surface area contributed by atoms with Crippen molar-refractivity contribution in [2.24, 2.45) is 5.92 Å². The van der Waals surface area contributed by atoms with Crippen molar-refractivity contribution in [2.45, 2.75) is 26.3 Å².